The third kappa shape index (κ3) is 3.38. The van der Waals surface area contributed by atoms with E-state index in [0.717, 1.165) is 18.7 Å². The molecule has 3 rings (SSSR count). The molecule has 0 amide bonds. The molecule has 0 unspecified atom stereocenters. The standard InChI is InChI=1S/C18H25N3O/c1-2-9-16-20-17(22-21-16)14-19-18(12-7-4-8-13-18)15-10-5-3-6-11-15/h3,5-6,10-11,19H,2,4,7-9,12-14H2,1H3. The number of aryl methyl sites for hydroxylation is 1. The van der Waals surface area contributed by atoms with Crippen molar-refractivity contribution in [2.45, 2.75) is 64.0 Å². The zero-order chi connectivity index (χ0) is 15.3. The fraction of sp³-hybridized carbons (Fsp3) is 0.556. The Balaban J connectivity index is 1.73. The molecule has 22 heavy (non-hydrogen) atoms. The van der Waals surface area contributed by atoms with Gasteiger partial charge in [-0.2, -0.15) is 4.98 Å². The molecular formula is C18H25N3O. The summed E-state index contributed by atoms with van der Waals surface area (Å²) in [6.45, 7) is 2.77. The largest absolute Gasteiger partial charge is 0.338 e. The van der Waals surface area contributed by atoms with Crippen LogP contribution in [0.1, 0.15) is 62.7 Å². The summed E-state index contributed by atoms with van der Waals surface area (Å²) in [5.41, 5.74) is 1.43. The Morgan fingerprint density at radius 2 is 1.91 bits per heavy atom. The lowest BCUT2D eigenvalue weighted by Crippen LogP contribution is -2.43. The molecule has 1 aliphatic carbocycles. The molecule has 4 nitrogen and oxygen atoms in total. The van der Waals surface area contributed by atoms with E-state index in [-0.39, 0.29) is 5.54 Å². The van der Waals surface area contributed by atoms with E-state index in [0.29, 0.717) is 12.4 Å². The summed E-state index contributed by atoms with van der Waals surface area (Å²) in [6, 6.07) is 10.8. The molecule has 0 aliphatic heterocycles. The van der Waals surface area contributed by atoms with Crippen LogP contribution in [0, 0.1) is 0 Å². The first kappa shape index (κ1) is 15.2. The minimum absolute atomic E-state index is 0.0545. The first-order valence-corrected chi connectivity index (χ1v) is 8.44. The Kier molecular flexibility index (Phi) is 4.88. The average molecular weight is 299 g/mol. The maximum Gasteiger partial charge on any atom is 0.240 e. The zero-order valence-electron chi connectivity index (χ0n) is 13.3. The molecule has 118 valence electrons. The van der Waals surface area contributed by atoms with Crippen molar-refractivity contribution in [3.8, 4) is 0 Å². The van der Waals surface area contributed by atoms with Gasteiger partial charge < -0.3 is 4.52 Å². The second-order valence-corrected chi connectivity index (χ2v) is 6.22. The third-order valence-electron chi connectivity index (χ3n) is 4.60. The maximum absolute atomic E-state index is 5.37. The van der Waals surface area contributed by atoms with E-state index in [9.17, 15) is 0 Å². The average Bonchev–Trinajstić information content (AvgIpc) is 3.03. The minimum atomic E-state index is 0.0545. The number of rotatable bonds is 6. The van der Waals surface area contributed by atoms with E-state index >= 15 is 0 Å². The molecule has 1 fully saturated rings. The van der Waals surface area contributed by atoms with Crippen molar-refractivity contribution >= 4 is 0 Å². The fourth-order valence-corrected chi connectivity index (χ4v) is 3.41. The molecule has 0 bridgehead atoms. The van der Waals surface area contributed by atoms with Gasteiger partial charge >= 0.3 is 0 Å². The molecule has 1 heterocycles. The minimum Gasteiger partial charge on any atom is -0.338 e. The van der Waals surface area contributed by atoms with Gasteiger partial charge in [-0.25, -0.2) is 0 Å². The van der Waals surface area contributed by atoms with E-state index < -0.39 is 0 Å². The summed E-state index contributed by atoms with van der Waals surface area (Å²) in [5.74, 6) is 1.51. The summed E-state index contributed by atoms with van der Waals surface area (Å²) in [5, 5.41) is 7.77. The number of benzene rings is 1. The van der Waals surface area contributed by atoms with Crippen LogP contribution >= 0.6 is 0 Å². The molecule has 1 aromatic carbocycles. The van der Waals surface area contributed by atoms with Gasteiger partial charge in [0.1, 0.15) is 0 Å². The summed E-state index contributed by atoms with van der Waals surface area (Å²) in [7, 11) is 0. The van der Waals surface area contributed by atoms with Gasteiger partial charge in [-0.05, 0) is 24.8 Å². The zero-order valence-corrected chi connectivity index (χ0v) is 13.3. The van der Waals surface area contributed by atoms with E-state index in [2.05, 4.69) is 52.7 Å². The van der Waals surface area contributed by atoms with Gasteiger partial charge in [0.2, 0.25) is 5.89 Å². The Bertz CT molecular complexity index is 573. The van der Waals surface area contributed by atoms with Gasteiger partial charge in [0.25, 0.3) is 0 Å². The van der Waals surface area contributed by atoms with E-state index in [1.54, 1.807) is 0 Å². The van der Waals surface area contributed by atoms with E-state index in [1.807, 2.05) is 0 Å². The first-order valence-electron chi connectivity index (χ1n) is 8.44. The molecular weight excluding hydrogens is 274 g/mol. The number of hydrogen-bond acceptors (Lipinski definition) is 4. The lowest BCUT2D eigenvalue weighted by Gasteiger charge is -2.38. The third-order valence-corrected chi connectivity index (χ3v) is 4.60. The van der Waals surface area contributed by atoms with Crippen LogP contribution in [0.5, 0.6) is 0 Å². The van der Waals surface area contributed by atoms with Crippen LogP contribution in [0.4, 0.5) is 0 Å². The highest BCUT2D eigenvalue weighted by Gasteiger charge is 2.33. The van der Waals surface area contributed by atoms with Gasteiger partial charge in [-0.1, -0.05) is 61.7 Å². The van der Waals surface area contributed by atoms with Gasteiger partial charge in [0.05, 0.1) is 6.54 Å². The van der Waals surface area contributed by atoms with E-state index in [1.165, 1.54) is 37.7 Å². The molecule has 0 atom stereocenters. The topological polar surface area (TPSA) is 51.0 Å². The van der Waals surface area contributed by atoms with Gasteiger partial charge in [-0.15, -0.1) is 0 Å². The lowest BCUT2D eigenvalue weighted by atomic mass is 9.76. The molecule has 2 aromatic rings. The number of nitrogens with zero attached hydrogens (tertiary/aromatic N) is 2. The summed E-state index contributed by atoms with van der Waals surface area (Å²) in [6.07, 6.45) is 8.14. The second-order valence-electron chi connectivity index (χ2n) is 6.22. The van der Waals surface area contributed by atoms with Gasteiger partial charge in [0, 0.05) is 12.0 Å². The van der Waals surface area contributed by atoms with E-state index in [4.69, 9.17) is 4.52 Å². The highest BCUT2D eigenvalue weighted by molar-refractivity contribution is 5.25. The van der Waals surface area contributed by atoms with Crippen molar-refractivity contribution in [3.05, 3.63) is 47.6 Å². The number of hydrogen-bond donors (Lipinski definition) is 1. The molecule has 1 aliphatic rings. The van der Waals surface area contributed by atoms with Crippen LogP contribution in [0.2, 0.25) is 0 Å². The molecule has 0 saturated heterocycles. The number of aromatic nitrogens is 2. The smallest absolute Gasteiger partial charge is 0.240 e. The van der Waals surface area contributed by atoms with Crippen molar-refractivity contribution < 1.29 is 4.52 Å². The van der Waals surface area contributed by atoms with Crippen molar-refractivity contribution in [2.75, 3.05) is 0 Å². The fourth-order valence-electron chi connectivity index (χ4n) is 3.41. The Hall–Kier alpha value is -1.68. The molecule has 4 heteroatoms. The van der Waals surface area contributed by atoms with Crippen molar-refractivity contribution in [1.82, 2.24) is 15.5 Å². The maximum atomic E-state index is 5.37. The molecule has 1 saturated carbocycles. The summed E-state index contributed by atoms with van der Waals surface area (Å²) < 4.78 is 5.37. The van der Waals surface area contributed by atoms with Gasteiger partial charge in [0.15, 0.2) is 5.82 Å². The Morgan fingerprint density at radius 1 is 1.14 bits per heavy atom. The predicted molar refractivity (Wildman–Crippen MR) is 86.3 cm³/mol. The van der Waals surface area contributed by atoms with Crippen LogP contribution in [0.15, 0.2) is 34.9 Å². The normalized spacial score (nSPS) is 17.5. The van der Waals surface area contributed by atoms with Gasteiger partial charge in [-0.3, -0.25) is 5.32 Å². The highest BCUT2D eigenvalue weighted by atomic mass is 16.5. The molecule has 1 aromatic heterocycles. The predicted octanol–water partition coefficient (Wildman–Crippen LogP) is 3.97. The highest BCUT2D eigenvalue weighted by Crippen LogP contribution is 2.37. The van der Waals surface area contributed by atoms with Crippen LogP contribution in [-0.4, -0.2) is 10.1 Å². The first-order chi connectivity index (χ1) is 10.8. The number of nitrogens with one attached hydrogen (secondary N) is 1. The van der Waals surface area contributed by atoms with Crippen LogP contribution in [0.25, 0.3) is 0 Å². The lowest BCUT2D eigenvalue weighted by molar-refractivity contribution is 0.219. The van der Waals surface area contributed by atoms with Crippen LogP contribution < -0.4 is 5.32 Å². The summed E-state index contributed by atoms with van der Waals surface area (Å²) >= 11 is 0. The van der Waals surface area contributed by atoms with Crippen molar-refractivity contribution in [2.24, 2.45) is 0 Å². The summed E-state index contributed by atoms with van der Waals surface area (Å²) in [4.78, 5) is 4.47. The quantitative estimate of drug-likeness (QED) is 0.877. The monoisotopic (exact) mass is 299 g/mol. The second kappa shape index (κ2) is 7.05. The van der Waals surface area contributed by atoms with Crippen LogP contribution in [-0.2, 0) is 18.5 Å². The van der Waals surface area contributed by atoms with Crippen molar-refractivity contribution in [1.29, 1.82) is 0 Å². The SMILES string of the molecule is CCCc1noc(CNC2(c3ccccc3)CCCCC2)n1. The Morgan fingerprint density at radius 3 is 2.64 bits per heavy atom. The molecule has 0 spiro atoms. The van der Waals surface area contributed by atoms with Crippen molar-refractivity contribution in [3.63, 3.8) is 0 Å². The molecule has 1 N–H and O–H groups in total. The van der Waals surface area contributed by atoms with Crippen LogP contribution in [0.3, 0.4) is 0 Å². The Labute approximate surface area is 132 Å². The molecule has 0 radical (unpaired) electrons.